The van der Waals surface area contributed by atoms with E-state index in [2.05, 4.69) is 41.1 Å². The fourth-order valence-corrected chi connectivity index (χ4v) is 1.20. The Bertz CT molecular complexity index is 275. The summed E-state index contributed by atoms with van der Waals surface area (Å²) in [5.74, 6) is 0. The SMILES string of the molecule is C=CCCNc1ccc(N(C)C)cc1. The molecule has 1 N–H and O–H groups in total. The minimum Gasteiger partial charge on any atom is -0.385 e. The first kappa shape index (κ1) is 10.6. The monoisotopic (exact) mass is 190 g/mol. The largest absolute Gasteiger partial charge is 0.385 e. The lowest BCUT2D eigenvalue weighted by Gasteiger charge is -2.13. The van der Waals surface area contributed by atoms with E-state index >= 15 is 0 Å². The summed E-state index contributed by atoms with van der Waals surface area (Å²) in [6.45, 7) is 4.63. The summed E-state index contributed by atoms with van der Waals surface area (Å²) in [6, 6.07) is 8.41. The molecule has 2 heteroatoms. The highest BCUT2D eigenvalue weighted by Gasteiger charge is 1.94. The van der Waals surface area contributed by atoms with Crippen LogP contribution in [0, 0.1) is 0 Å². The molecule has 0 amide bonds. The van der Waals surface area contributed by atoms with E-state index in [-0.39, 0.29) is 0 Å². The maximum atomic E-state index is 3.68. The predicted octanol–water partition coefficient (Wildman–Crippen LogP) is 2.74. The molecule has 0 saturated heterocycles. The Morgan fingerprint density at radius 1 is 1.29 bits per heavy atom. The minimum atomic E-state index is 0.949. The Morgan fingerprint density at radius 2 is 1.93 bits per heavy atom. The third kappa shape index (κ3) is 3.13. The summed E-state index contributed by atoms with van der Waals surface area (Å²) in [7, 11) is 4.08. The highest BCUT2D eigenvalue weighted by Crippen LogP contribution is 2.15. The molecule has 0 heterocycles. The summed E-state index contributed by atoms with van der Waals surface area (Å²) >= 11 is 0. The lowest BCUT2D eigenvalue weighted by Crippen LogP contribution is -2.08. The van der Waals surface area contributed by atoms with Gasteiger partial charge in [-0.05, 0) is 30.7 Å². The van der Waals surface area contributed by atoms with Crippen molar-refractivity contribution >= 4 is 11.4 Å². The van der Waals surface area contributed by atoms with Crippen molar-refractivity contribution in [3.63, 3.8) is 0 Å². The van der Waals surface area contributed by atoms with E-state index in [4.69, 9.17) is 0 Å². The van der Waals surface area contributed by atoms with Crippen LogP contribution < -0.4 is 10.2 Å². The van der Waals surface area contributed by atoms with Gasteiger partial charge < -0.3 is 10.2 Å². The third-order valence-electron chi connectivity index (χ3n) is 2.06. The summed E-state index contributed by atoms with van der Waals surface area (Å²) in [5, 5.41) is 3.32. The summed E-state index contributed by atoms with van der Waals surface area (Å²) in [4.78, 5) is 2.09. The Morgan fingerprint density at radius 3 is 2.43 bits per heavy atom. The zero-order chi connectivity index (χ0) is 10.4. The van der Waals surface area contributed by atoms with Gasteiger partial charge >= 0.3 is 0 Å². The summed E-state index contributed by atoms with van der Waals surface area (Å²) in [6.07, 6.45) is 2.91. The molecule has 0 aromatic heterocycles. The fraction of sp³-hybridized carbons (Fsp3) is 0.333. The molecule has 0 aliphatic rings. The van der Waals surface area contributed by atoms with Crippen LogP contribution in [0.4, 0.5) is 11.4 Å². The zero-order valence-electron chi connectivity index (χ0n) is 8.96. The van der Waals surface area contributed by atoms with Crippen LogP contribution >= 0.6 is 0 Å². The Kier molecular flexibility index (Phi) is 4.05. The molecule has 0 spiro atoms. The maximum absolute atomic E-state index is 3.68. The molecule has 1 aromatic rings. The highest BCUT2D eigenvalue weighted by atomic mass is 15.1. The van der Waals surface area contributed by atoms with Crippen LogP contribution in [-0.2, 0) is 0 Å². The van der Waals surface area contributed by atoms with Gasteiger partial charge in [-0.15, -0.1) is 6.58 Å². The lowest BCUT2D eigenvalue weighted by molar-refractivity contribution is 1.07. The topological polar surface area (TPSA) is 15.3 Å². The van der Waals surface area contributed by atoms with Crippen LogP contribution in [0.1, 0.15) is 6.42 Å². The van der Waals surface area contributed by atoms with E-state index in [1.807, 2.05) is 20.2 Å². The van der Waals surface area contributed by atoms with Gasteiger partial charge in [0.05, 0.1) is 0 Å². The molecule has 0 aliphatic heterocycles. The van der Waals surface area contributed by atoms with Gasteiger partial charge in [-0.25, -0.2) is 0 Å². The first-order valence-corrected chi connectivity index (χ1v) is 4.86. The van der Waals surface area contributed by atoms with Gasteiger partial charge in [-0.2, -0.15) is 0 Å². The number of anilines is 2. The van der Waals surface area contributed by atoms with Gasteiger partial charge in [0, 0.05) is 32.0 Å². The lowest BCUT2D eigenvalue weighted by atomic mass is 10.2. The number of benzene rings is 1. The van der Waals surface area contributed by atoms with Gasteiger partial charge in [0.15, 0.2) is 0 Å². The normalized spacial score (nSPS) is 9.57. The predicted molar refractivity (Wildman–Crippen MR) is 64.1 cm³/mol. The number of nitrogens with one attached hydrogen (secondary N) is 1. The van der Waals surface area contributed by atoms with Crippen molar-refractivity contribution in [1.82, 2.24) is 0 Å². The first-order valence-electron chi connectivity index (χ1n) is 4.86. The van der Waals surface area contributed by atoms with Crippen molar-refractivity contribution < 1.29 is 0 Å². The van der Waals surface area contributed by atoms with Crippen molar-refractivity contribution in [1.29, 1.82) is 0 Å². The smallest absolute Gasteiger partial charge is 0.0362 e. The molecule has 76 valence electrons. The van der Waals surface area contributed by atoms with E-state index in [0.29, 0.717) is 0 Å². The van der Waals surface area contributed by atoms with Crippen LogP contribution in [0.2, 0.25) is 0 Å². The van der Waals surface area contributed by atoms with Gasteiger partial charge in [0.1, 0.15) is 0 Å². The molecule has 1 rings (SSSR count). The maximum Gasteiger partial charge on any atom is 0.0362 e. The van der Waals surface area contributed by atoms with Gasteiger partial charge in [-0.3, -0.25) is 0 Å². The minimum absolute atomic E-state index is 0.949. The standard InChI is InChI=1S/C12H18N2/c1-4-5-10-13-11-6-8-12(9-7-11)14(2)3/h4,6-9,13H,1,5,10H2,2-3H3. The van der Waals surface area contributed by atoms with Crippen molar-refractivity contribution in [3.05, 3.63) is 36.9 Å². The molecule has 0 aliphatic carbocycles. The average Bonchev–Trinajstić information content (AvgIpc) is 2.19. The molecule has 14 heavy (non-hydrogen) atoms. The Balaban J connectivity index is 2.51. The van der Waals surface area contributed by atoms with Crippen LogP contribution in [0.15, 0.2) is 36.9 Å². The molecule has 2 nitrogen and oxygen atoms in total. The van der Waals surface area contributed by atoms with Crippen LogP contribution in [-0.4, -0.2) is 20.6 Å². The quantitative estimate of drug-likeness (QED) is 0.567. The molecule has 1 aromatic carbocycles. The number of nitrogens with zero attached hydrogens (tertiary/aromatic N) is 1. The van der Waals surface area contributed by atoms with Crippen molar-refractivity contribution in [3.8, 4) is 0 Å². The van der Waals surface area contributed by atoms with E-state index in [1.165, 1.54) is 5.69 Å². The van der Waals surface area contributed by atoms with Crippen LogP contribution in [0.25, 0.3) is 0 Å². The average molecular weight is 190 g/mol. The second kappa shape index (κ2) is 5.32. The molecule has 0 atom stereocenters. The van der Waals surface area contributed by atoms with Crippen molar-refractivity contribution in [2.24, 2.45) is 0 Å². The van der Waals surface area contributed by atoms with Crippen LogP contribution in [0.5, 0.6) is 0 Å². The van der Waals surface area contributed by atoms with Gasteiger partial charge in [0.25, 0.3) is 0 Å². The molecule has 0 unspecified atom stereocenters. The van der Waals surface area contributed by atoms with E-state index in [1.54, 1.807) is 0 Å². The zero-order valence-corrected chi connectivity index (χ0v) is 8.96. The first-order chi connectivity index (χ1) is 6.74. The molecule has 0 bridgehead atoms. The van der Waals surface area contributed by atoms with E-state index in [0.717, 1.165) is 18.7 Å². The molecule has 0 saturated carbocycles. The molecule has 0 radical (unpaired) electrons. The third-order valence-corrected chi connectivity index (χ3v) is 2.06. The molecule has 0 fully saturated rings. The highest BCUT2D eigenvalue weighted by molar-refractivity contribution is 5.54. The number of hydrogen-bond donors (Lipinski definition) is 1. The van der Waals surface area contributed by atoms with Crippen LogP contribution in [0.3, 0.4) is 0 Å². The summed E-state index contributed by atoms with van der Waals surface area (Å²) in [5.41, 5.74) is 2.39. The fourth-order valence-electron chi connectivity index (χ4n) is 1.20. The Hall–Kier alpha value is -1.44. The summed E-state index contributed by atoms with van der Waals surface area (Å²) < 4.78 is 0. The van der Waals surface area contributed by atoms with E-state index < -0.39 is 0 Å². The number of rotatable bonds is 5. The second-order valence-electron chi connectivity index (χ2n) is 3.45. The number of hydrogen-bond acceptors (Lipinski definition) is 2. The van der Waals surface area contributed by atoms with Gasteiger partial charge in [-0.1, -0.05) is 6.08 Å². The van der Waals surface area contributed by atoms with Gasteiger partial charge in [0.2, 0.25) is 0 Å². The van der Waals surface area contributed by atoms with Crippen molar-refractivity contribution in [2.45, 2.75) is 6.42 Å². The molecular formula is C12H18N2. The molecular weight excluding hydrogens is 172 g/mol. The second-order valence-corrected chi connectivity index (χ2v) is 3.45. The van der Waals surface area contributed by atoms with E-state index in [9.17, 15) is 0 Å². The Labute approximate surface area is 86.2 Å². The van der Waals surface area contributed by atoms with Crippen molar-refractivity contribution in [2.75, 3.05) is 30.9 Å².